The van der Waals surface area contributed by atoms with Gasteiger partial charge < -0.3 is 16.4 Å². The summed E-state index contributed by atoms with van der Waals surface area (Å²) in [4.78, 5) is 16.5. The molecule has 2 aromatic rings. The quantitative estimate of drug-likeness (QED) is 0.490. The minimum atomic E-state index is -0.0572. The monoisotopic (exact) mass is 366 g/mol. The number of nitrogens with zero attached hydrogens (tertiary/aromatic N) is 1. The number of carbonyl (C=O) groups is 1. The molecule has 2 aromatic carbocycles. The highest BCUT2D eigenvalue weighted by Crippen LogP contribution is 2.22. The number of para-hydroxylation sites is 1. The van der Waals surface area contributed by atoms with Crippen LogP contribution in [-0.4, -0.2) is 18.4 Å². The zero-order valence-corrected chi connectivity index (χ0v) is 16.5. The number of carbonyl (C=O) groups excluding carboxylic acids is 1. The lowest BCUT2D eigenvalue weighted by molar-refractivity contribution is 0.0953. The van der Waals surface area contributed by atoms with Crippen LogP contribution in [0.15, 0.2) is 47.5 Å². The first-order chi connectivity index (χ1) is 13.1. The van der Waals surface area contributed by atoms with Crippen LogP contribution in [0, 0.1) is 0 Å². The van der Waals surface area contributed by atoms with Crippen molar-refractivity contribution in [2.24, 2.45) is 10.7 Å². The predicted molar refractivity (Wildman–Crippen MR) is 113 cm³/mol. The summed E-state index contributed by atoms with van der Waals surface area (Å²) in [6, 6.07) is 13.8. The Labute approximate surface area is 162 Å². The Morgan fingerprint density at radius 1 is 1.04 bits per heavy atom. The summed E-state index contributed by atoms with van der Waals surface area (Å²) in [6.07, 6.45) is 2.77. The molecule has 1 amide bonds. The molecule has 27 heavy (non-hydrogen) atoms. The highest BCUT2D eigenvalue weighted by Gasteiger charge is 2.08. The van der Waals surface area contributed by atoms with Gasteiger partial charge >= 0.3 is 0 Å². The predicted octanol–water partition coefficient (Wildman–Crippen LogP) is 3.88. The van der Waals surface area contributed by atoms with Crippen molar-refractivity contribution in [3.63, 3.8) is 0 Å². The van der Waals surface area contributed by atoms with E-state index >= 15 is 0 Å². The Morgan fingerprint density at radius 3 is 2.33 bits per heavy atom. The molecule has 0 heterocycles. The van der Waals surface area contributed by atoms with Crippen molar-refractivity contribution >= 4 is 17.6 Å². The fourth-order valence-corrected chi connectivity index (χ4v) is 2.90. The molecular weight excluding hydrogens is 336 g/mol. The number of hydrogen-bond acceptors (Lipinski definition) is 2. The molecule has 0 atom stereocenters. The van der Waals surface area contributed by atoms with Crippen LogP contribution in [0.5, 0.6) is 0 Å². The van der Waals surface area contributed by atoms with Gasteiger partial charge in [-0.1, -0.05) is 51.1 Å². The molecule has 0 aromatic heterocycles. The maximum Gasteiger partial charge on any atom is 0.251 e. The number of guanidine groups is 1. The zero-order chi connectivity index (χ0) is 19.6. The van der Waals surface area contributed by atoms with Gasteiger partial charge in [0.15, 0.2) is 5.96 Å². The van der Waals surface area contributed by atoms with E-state index in [9.17, 15) is 4.79 Å². The lowest BCUT2D eigenvalue weighted by Gasteiger charge is -2.15. The van der Waals surface area contributed by atoms with E-state index in [0.717, 1.165) is 30.5 Å². The first kappa shape index (κ1) is 20.5. The van der Waals surface area contributed by atoms with Gasteiger partial charge in [-0.15, -0.1) is 0 Å². The van der Waals surface area contributed by atoms with Gasteiger partial charge in [0, 0.05) is 17.8 Å². The zero-order valence-electron chi connectivity index (χ0n) is 16.5. The van der Waals surface area contributed by atoms with Crippen molar-refractivity contribution in [3.8, 4) is 0 Å². The summed E-state index contributed by atoms with van der Waals surface area (Å²) >= 11 is 0. The number of nitrogens with one attached hydrogen (secondary N) is 2. The van der Waals surface area contributed by atoms with Gasteiger partial charge in [0.25, 0.3) is 5.91 Å². The van der Waals surface area contributed by atoms with Crippen molar-refractivity contribution in [2.75, 3.05) is 11.9 Å². The van der Waals surface area contributed by atoms with Gasteiger partial charge in [0.1, 0.15) is 0 Å². The molecule has 5 heteroatoms. The Bertz CT molecular complexity index is 776. The summed E-state index contributed by atoms with van der Waals surface area (Å²) in [7, 11) is 0. The third-order valence-corrected chi connectivity index (χ3v) is 4.41. The molecular formula is C22H30N4O. The molecule has 0 radical (unpaired) electrons. The molecule has 0 aliphatic carbocycles. The molecule has 0 aliphatic rings. The number of anilines is 1. The van der Waals surface area contributed by atoms with Gasteiger partial charge in [-0.3, -0.25) is 4.79 Å². The number of aryl methyl sites for hydroxylation is 2. The van der Waals surface area contributed by atoms with Crippen LogP contribution in [0.1, 0.15) is 54.2 Å². The lowest BCUT2D eigenvalue weighted by atomic mass is 10.0. The number of amides is 1. The van der Waals surface area contributed by atoms with Crippen LogP contribution >= 0.6 is 0 Å². The Kier molecular flexibility index (Phi) is 7.86. The Morgan fingerprint density at radius 2 is 1.70 bits per heavy atom. The Balaban J connectivity index is 2.09. The first-order valence-electron chi connectivity index (χ1n) is 9.63. The van der Waals surface area contributed by atoms with E-state index in [0.29, 0.717) is 24.6 Å². The third kappa shape index (κ3) is 5.84. The standard InChI is InChI=1S/C22H30N4O/c1-4-13-24-21(27)19-12-7-9-16(14-19)15-25-22(23)26-20-17(5-2)10-8-11-18(20)6-3/h7-12,14H,4-6,13,15H2,1-3H3,(H,24,27)(H3,23,25,26). The number of hydrogen-bond donors (Lipinski definition) is 3. The lowest BCUT2D eigenvalue weighted by Crippen LogP contribution is -2.24. The highest BCUT2D eigenvalue weighted by atomic mass is 16.1. The smallest absolute Gasteiger partial charge is 0.251 e. The van der Waals surface area contributed by atoms with Gasteiger partial charge in [-0.2, -0.15) is 0 Å². The third-order valence-electron chi connectivity index (χ3n) is 4.41. The summed E-state index contributed by atoms with van der Waals surface area (Å²) in [5.41, 5.74) is 11.2. The molecule has 4 N–H and O–H groups in total. The molecule has 0 saturated heterocycles. The minimum absolute atomic E-state index is 0.0572. The summed E-state index contributed by atoms with van der Waals surface area (Å²) < 4.78 is 0. The summed E-state index contributed by atoms with van der Waals surface area (Å²) in [6.45, 7) is 7.38. The highest BCUT2D eigenvalue weighted by molar-refractivity contribution is 5.95. The fourth-order valence-electron chi connectivity index (χ4n) is 2.90. The van der Waals surface area contributed by atoms with Crippen molar-refractivity contribution in [2.45, 2.75) is 46.6 Å². The molecule has 0 fully saturated rings. The number of benzene rings is 2. The number of nitrogens with two attached hydrogens (primary N) is 1. The van der Waals surface area contributed by atoms with E-state index in [2.05, 4.69) is 47.7 Å². The Hall–Kier alpha value is -2.82. The molecule has 0 spiro atoms. The van der Waals surface area contributed by atoms with Gasteiger partial charge in [-0.05, 0) is 48.1 Å². The number of rotatable bonds is 8. The van der Waals surface area contributed by atoms with E-state index in [1.54, 1.807) is 0 Å². The molecule has 5 nitrogen and oxygen atoms in total. The fraction of sp³-hybridized carbons (Fsp3) is 0.364. The van der Waals surface area contributed by atoms with Crippen LogP contribution in [0.25, 0.3) is 0 Å². The van der Waals surface area contributed by atoms with Crippen molar-refractivity contribution in [3.05, 3.63) is 64.7 Å². The maximum absolute atomic E-state index is 12.1. The SMILES string of the molecule is CCCNC(=O)c1cccc(CN=C(N)Nc2c(CC)cccc2CC)c1. The van der Waals surface area contributed by atoms with E-state index < -0.39 is 0 Å². The second-order valence-electron chi connectivity index (χ2n) is 6.44. The van der Waals surface area contributed by atoms with E-state index in [1.165, 1.54) is 11.1 Å². The van der Waals surface area contributed by atoms with Crippen LogP contribution < -0.4 is 16.4 Å². The normalized spacial score (nSPS) is 11.3. The molecule has 0 unspecified atom stereocenters. The molecule has 0 aliphatic heterocycles. The summed E-state index contributed by atoms with van der Waals surface area (Å²) in [5.74, 6) is 0.324. The molecule has 2 rings (SSSR count). The maximum atomic E-state index is 12.1. The van der Waals surface area contributed by atoms with Crippen molar-refractivity contribution in [1.29, 1.82) is 0 Å². The van der Waals surface area contributed by atoms with E-state index in [-0.39, 0.29) is 5.91 Å². The van der Waals surface area contributed by atoms with Crippen LogP contribution in [-0.2, 0) is 19.4 Å². The van der Waals surface area contributed by atoms with Crippen molar-refractivity contribution < 1.29 is 4.79 Å². The first-order valence-corrected chi connectivity index (χ1v) is 9.63. The van der Waals surface area contributed by atoms with Gasteiger partial charge in [-0.25, -0.2) is 4.99 Å². The van der Waals surface area contributed by atoms with E-state index in [1.807, 2.05) is 31.2 Å². The number of aliphatic imine (C=N–C) groups is 1. The second kappa shape index (κ2) is 10.4. The second-order valence-corrected chi connectivity index (χ2v) is 6.44. The van der Waals surface area contributed by atoms with Crippen molar-refractivity contribution in [1.82, 2.24) is 5.32 Å². The minimum Gasteiger partial charge on any atom is -0.370 e. The van der Waals surface area contributed by atoms with Crippen LogP contribution in [0.2, 0.25) is 0 Å². The van der Waals surface area contributed by atoms with Crippen LogP contribution in [0.4, 0.5) is 5.69 Å². The topological polar surface area (TPSA) is 79.5 Å². The van der Waals surface area contributed by atoms with Gasteiger partial charge in [0.05, 0.1) is 6.54 Å². The molecule has 0 saturated carbocycles. The average molecular weight is 367 g/mol. The van der Waals surface area contributed by atoms with Crippen LogP contribution in [0.3, 0.4) is 0 Å². The summed E-state index contributed by atoms with van der Waals surface area (Å²) in [5, 5.41) is 6.15. The largest absolute Gasteiger partial charge is 0.370 e. The average Bonchev–Trinajstić information content (AvgIpc) is 2.70. The van der Waals surface area contributed by atoms with E-state index in [4.69, 9.17) is 5.73 Å². The molecule has 144 valence electrons. The van der Waals surface area contributed by atoms with Gasteiger partial charge in [0.2, 0.25) is 0 Å². The molecule has 0 bridgehead atoms.